The predicted molar refractivity (Wildman–Crippen MR) is 88.5 cm³/mol. The molecule has 0 saturated carbocycles. The van der Waals surface area contributed by atoms with Gasteiger partial charge in [0, 0.05) is 25.4 Å². The van der Waals surface area contributed by atoms with Gasteiger partial charge < -0.3 is 15.8 Å². The van der Waals surface area contributed by atoms with E-state index in [2.05, 4.69) is 34.5 Å². The Hall–Kier alpha value is -1.10. The van der Waals surface area contributed by atoms with Crippen LogP contribution in [-0.4, -0.2) is 44.3 Å². The van der Waals surface area contributed by atoms with Gasteiger partial charge in [-0.15, -0.1) is 0 Å². The minimum Gasteiger partial charge on any atom is -0.383 e. The molecule has 1 unspecified atom stereocenters. The van der Waals surface area contributed by atoms with E-state index in [0.717, 1.165) is 32.5 Å². The van der Waals surface area contributed by atoms with Crippen LogP contribution in [0.15, 0.2) is 24.3 Å². The molecule has 0 bridgehead atoms. The van der Waals surface area contributed by atoms with Gasteiger partial charge in [0.1, 0.15) is 0 Å². The number of nitrogens with zero attached hydrogens (tertiary/aromatic N) is 1. The molecule has 0 amide bonds. The zero-order chi connectivity index (χ0) is 14.9. The van der Waals surface area contributed by atoms with E-state index < -0.39 is 0 Å². The molecule has 118 valence electrons. The van der Waals surface area contributed by atoms with Crippen LogP contribution in [0.4, 0.5) is 5.69 Å². The Balaban J connectivity index is 1.91. The Morgan fingerprint density at radius 2 is 2.14 bits per heavy atom. The molecule has 1 aromatic carbocycles. The van der Waals surface area contributed by atoms with Crippen LogP contribution in [0, 0.1) is 0 Å². The molecule has 1 fully saturated rings. The number of hydrogen-bond acceptors (Lipinski definition) is 4. The number of hydrogen-bond donors (Lipinski definition) is 2. The van der Waals surface area contributed by atoms with E-state index in [4.69, 9.17) is 10.5 Å². The predicted octanol–water partition coefficient (Wildman–Crippen LogP) is 2.45. The van der Waals surface area contributed by atoms with Gasteiger partial charge in [0.2, 0.25) is 0 Å². The molecule has 1 heterocycles. The largest absolute Gasteiger partial charge is 0.383 e. The molecule has 1 aliphatic heterocycles. The molecular weight excluding hydrogens is 262 g/mol. The molecule has 1 atom stereocenters. The standard InChI is InChI=1S/C17H29N3O/c1-21-14-17(8-5-9-18)19-16-7-4-6-15(12-16)13-20-10-2-3-11-20/h4,6-7,12,17,19H,2-3,5,8-11,13-14,18H2,1H3. The Morgan fingerprint density at radius 3 is 2.86 bits per heavy atom. The number of benzene rings is 1. The molecule has 1 saturated heterocycles. The molecule has 0 aliphatic carbocycles. The Morgan fingerprint density at radius 1 is 1.33 bits per heavy atom. The molecule has 4 nitrogen and oxygen atoms in total. The molecule has 1 aromatic rings. The molecule has 1 aliphatic rings. The lowest BCUT2D eigenvalue weighted by atomic mass is 10.1. The van der Waals surface area contributed by atoms with Crippen molar-refractivity contribution in [3.63, 3.8) is 0 Å². The summed E-state index contributed by atoms with van der Waals surface area (Å²) in [6.07, 6.45) is 4.75. The fourth-order valence-corrected chi connectivity index (χ4v) is 2.96. The van der Waals surface area contributed by atoms with Crippen molar-refractivity contribution in [3.8, 4) is 0 Å². The summed E-state index contributed by atoms with van der Waals surface area (Å²) >= 11 is 0. The fraction of sp³-hybridized carbons (Fsp3) is 0.647. The fourth-order valence-electron chi connectivity index (χ4n) is 2.96. The van der Waals surface area contributed by atoms with E-state index >= 15 is 0 Å². The highest BCUT2D eigenvalue weighted by atomic mass is 16.5. The van der Waals surface area contributed by atoms with E-state index in [1.165, 1.54) is 37.2 Å². The summed E-state index contributed by atoms with van der Waals surface area (Å²) in [5, 5.41) is 3.58. The maximum atomic E-state index is 5.61. The van der Waals surface area contributed by atoms with Gasteiger partial charge in [0.25, 0.3) is 0 Å². The second-order valence-corrected chi connectivity index (χ2v) is 5.91. The summed E-state index contributed by atoms with van der Waals surface area (Å²) in [6.45, 7) is 4.99. The van der Waals surface area contributed by atoms with Gasteiger partial charge in [-0.25, -0.2) is 0 Å². The Labute approximate surface area is 128 Å². The van der Waals surface area contributed by atoms with Crippen LogP contribution >= 0.6 is 0 Å². The first-order chi connectivity index (χ1) is 10.3. The highest BCUT2D eigenvalue weighted by Gasteiger charge is 2.12. The second kappa shape index (κ2) is 9.03. The summed E-state index contributed by atoms with van der Waals surface area (Å²) in [5.41, 5.74) is 8.18. The van der Waals surface area contributed by atoms with Crippen LogP contribution in [0.2, 0.25) is 0 Å². The summed E-state index contributed by atoms with van der Waals surface area (Å²) in [7, 11) is 1.75. The lowest BCUT2D eigenvalue weighted by molar-refractivity contribution is 0.182. The molecule has 4 heteroatoms. The van der Waals surface area contributed by atoms with Crippen LogP contribution in [0.1, 0.15) is 31.2 Å². The van der Waals surface area contributed by atoms with E-state index in [1.54, 1.807) is 7.11 Å². The lowest BCUT2D eigenvalue weighted by Gasteiger charge is -2.20. The molecule has 3 N–H and O–H groups in total. The van der Waals surface area contributed by atoms with E-state index in [0.29, 0.717) is 6.04 Å². The Kier molecular flexibility index (Phi) is 7.00. The smallest absolute Gasteiger partial charge is 0.0664 e. The normalized spacial score (nSPS) is 17.0. The number of ether oxygens (including phenoxy) is 1. The van der Waals surface area contributed by atoms with Crippen LogP contribution in [-0.2, 0) is 11.3 Å². The highest BCUT2D eigenvalue weighted by Crippen LogP contribution is 2.17. The Bertz CT molecular complexity index is 405. The second-order valence-electron chi connectivity index (χ2n) is 5.91. The van der Waals surface area contributed by atoms with Crippen molar-refractivity contribution in [2.75, 3.05) is 38.7 Å². The van der Waals surface area contributed by atoms with Gasteiger partial charge >= 0.3 is 0 Å². The van der Waals surface area contributed by atoms with Crippen molar-refractivity contribution < 1.29 is 4.74 Å². The van der Waals surface area contributed by atoms with Gasteiger partial charge in [-0.3, -0.25) is 4.90 Å². The van der Waals surface area contributed by atoms with Gasteiger partial charge in [0.15, 0.2) is 0 Å². The van der Waals surface area contributed by atoms with Crippen molar-refractivity contribution in [1.29, 1.82) is 0 Å². The summed E-state index contributed by atoms with van der Waals surface area (Å²) < 4.78 is 5.30. The molecular formula is C17H29N3O. The first-order valence-electron chi connectivity index (χ1n) is 8.08. The third-order valence-electron chi connectivity index (χ3n) is 4.03. The van der Waals surface area contributed by atoms with Crippen molar-refractivity contribution in [3.05, 3.63) is 29.8 Å². The van der Waals surface area contributed by atoms with E-state index in [-0.39, 0.29) is 0 Å². The topological polar surface area (TPSA) is 50.5 Å². The minimum absolute atomic E-state index is 0.334. The average molecular weight is 291 g/mol. The summed E-state index contributed by atoms with van der Waals surface area (Å²) in [4.78, 5) is 2.53. The van der Waals surface area contributed by atoms with Crippen molar-refractivity contribution in [2.24, 2.45) is 5.73 Å². The zero-order valence-corrected chi connectivity index (χ0v) is 13.2. The number of nitrogens with one attached hydrogen (secondary N) is 1. The number of anilines is 1. The van der Waals surface area contributed by atoms with Gasteiger partial charge in [0.05, 0.1) is 6.61 Å². The quantitative estimate of drug-likeness (QED) is 0.734. The monoisotopic (exact) mass is 291 g/mol. The molecule has 0 aromatic heterocycles. The van der Waals surface area contributed by atoms with E-state index in [9.17, 15) is 0 Å². The maximum absolute atomic E-state index is 5.61. The molecule has 21 heavy (non-hydrogen) atoms. The minimum atomic E-state index is 0.334. The van der Waals surface area contributed by atoms with Gasteiger partial charge in [-0.05, 0) is 63.0 Å². The van der Waals surface area contributed by atoms with Crippen LogP contribution < -0.4 is 11.1 Å². The molecule has 2 rings (SSSR count). The first-order valence-corrected chi connectivity index (χ1v) is 8.08. The van der Waals surface area contributed by atoms with Crippen LogP contribution in [0.3, 0.4) is 0 Å². The van der Waals surface area contributed by atoms with Gasteiger partial charge in [-0.1, -0.05) is 12.1 Å². The van der Waals surface area contributed by atoms with Crippen LogP contribution in [0.25, 0.3) is 0 Å². The van der Waals surface area contributed by atoms with Crippen molar-refractivity contribution in [1.82, 2.24) is 4.90 Å². The lowest BCUT2D eigenvalue weighted by Crippen LogP contribution is -2.26. The SMILES string of the molecule is COCC(CCCN)Nc1cccc(CN2CCCC2)c1. The molecule has 0 spiro atoms. The maximum Gasteiger partial charge on any atom is 0.0664 e. The first kappa shape index (κ1) is 16.3. The zero-order valence-electron chi connectivity index (χ0n) is 13.2. The van der Waals surface area contributed by atoms with Crippen molar-refractivity contribution in [2.45, 2.75) is 38.3 Å². The number of nitrogens with two attached hydrogens (primary N) is 1. The number of methoxy groups -OCH3 is 1. The number of rotatable bonds is 9. The summed E-state index contributed by atoms with van der Waals surface area (Å²) in [6, 6.07) is 9.10. The third kappa shape index (κ3) is 5.65. The molecule has 0 radical (unpaired) electrons. The van der Waals surface area contributed by atoms with E-state index in [1.807, 2.05) is 0 Å². The highest BCUT2D eigenvalue weighted by molar-refractivity contribution is 5.46. The number of likely N-dealkylation sites (tertiary alicyclic amines) is 1. The average Bonchev–Trinajstić information content (AvgIpc) is 2.98. The van der Waals surface area contributed by atoms with Crippen LogP contribution in [0.5, 0.6) is 0 Å². The van der Waals surface area contributed by atoms with Gasteiger partial charge in [-0.2, -0.15) is 0 Å². The third-order valence-corrected chi connectivity index (χ3v) is 4.03. The van der Waals surface area contributed by atoms with Crippen molar-refractivity contribution >= 4 is 5.69 Å². The summed E-state index contributed by atoms with van der Waals surface area (Å²) in [5.74, 6) is 0.